The Balaban J connectivity index is 1.29. The first-order valence-corrected chi connectivity index (χ1v) is 14.2. The number of aryl methyl sites for hydroxylation is 1. The van der Waals surface area contributed by atoms with Crippen molar-refractivity contribution in [1.29, 1.82) is 0 Å². The third-order valence-corrected chi connectivity index (χ3v) is 7.80. The monoisotopic (exact) mass is 561 g/mol. The molecule has 2 aromatic rings. The van der Waals surface area contributed by atoms with E-state index in [4.69, 9.17) is 19.2 Å². The number of hydrogen-bond acceptors (Lipinski definition) is 7. The molecule has 8 nitrogen and oxygen atoms in total. The second-order valence-corrected chi connectivity index (χ2v) is 10.9. The lowest BCUT2D eigenvalue weighted by Crippen LogP contribution is -2.34. The van der Waals surface area contributed by atoms with E-state index in [0.717, 1.165) is 67.9 Å². The van der Waals surface area contributed by atoms with Gasteiger partial charge < -0.3 is 24.6 Å². The largest absolute Gasteiger partial charge is 0.496 e. The SMILES string of the molecule is COc1cc(CCCCCO[C@@H]2CCN([C@H](C(=O)O)c3cc(C(C)C)c(F)c(F)c3OC)C2)nc2c1CCCN2. The van der Waals surface area contributed by atoms with Crippen molar-refractivity contribution in [2.24, 2.45) is 0 Å². The normalized spacial score (nSPS) is 17.9. The summed E-state index contributed by atoms with van der Waals surface area (Å²) in [5.41, 5.74) is 2.43. The fraction of sp³-hybridized carbons (Fsp3) is 0.600. The van der Waals surface area contributed by atoms with Crippen LogP contribution in [-0.4, -0.2) is 67.5 Å². The maximum Gasteiger partial charge on any atom is 0.325 e. The van der Waals surface area contributed by atoms with Gasteiger partial charge in [-0.2, -0.15) is 4.39 Å². The second-order valence-electron chi connectivity index (χ2n) is 10.9. The Morgan fingerprint density at radius 2 is 1.95 bits per heavy atom. The van der Waals surface area contributed by atoms with Gasteiger partial charge in [-0.05, 0) is 56.1 Å². The summed E-state index contributed by atoms with van der Waals surface area (Å²) in [6.07, 6.45) is 6.30. The molecule has 4 rings (SSSR count). The number of nitrogens with one attached hydrogen (secondary N) is 1. The first-order chi connectivity index (χ1) is 19.2. The number of carboxylic acid groups (broad SMARTS) is 1. The van der Waals surface area contributed by atoms with Crippen molar-refractivity contribution in [2.45, 2.75) is 76.9 Å². The summed E-state index contributed by atoms with van der Waals surface area (Å²) in [6, 6.07) is 2.31. The molecule has 2 N–H and O–H groups in total. The van der Waals surface area contributed by atoms with Crippen molar-refractivity contribution in [3.63, 3.8) is 0 Å². The van der Waals surface area contributed by atoms with Gasteiger partial charge in [0.25, 0.3) is 0 Å². The summed E-state index contributed by atoms with van der Waals surface area (Å²) in [7, 11) is 2.92. The Labute approximate surface area is 235 Å². The highest BCUT2D eigenvalue weighted by atomic mass is 19.2. The molecule has 220 valence electrons. The number of pyridine rings is 1. The minimum Gasteiger partial charge on any atom is -0.496 e. The molecule has 2 aliphatic rings. The molecule has 0 saturated carbocycles. The standard InChI is InChI=1S/C30H41F2N3O5/c1-18(2)22-16-23(28(39-4)26(32)25(22)31)27(30(36)37)35-13-11-20(17-35)40-14-7-5-6-9-19-15-24(38-3)21-10-8-12-33-29(21)34-19/h15-16,18,20,27H,5-14,17H2,1-4H3,(H,33,34)(H,36,37)/t20-,27+/m1/s1. The predicted octanol–water partition coefficient (Wildman–Crippen LogP) is 5.49. The lowest BCUT2D eigenvalue weighted by molar-refractivity contribution is -0.143. The van der Waals surface area contributed by atoms with E-state index < -0.39 is 23.6 Å². The van der Waals surface area contributed by atoms with Gasteiger partial charge in [-0.3, -0.25) is 9.69 Å². The fourth-order valence-corrected chi connectivity index (χ4v) is 5.69. The van der Waals surface area contributed by atoms with Gasteiger partial charge in [0.2, 0.25) is 5.82 Å². The molecule has 2 atom stereocenters. The van der Waals surface area contributed by atoms with E-state index in [-0.39, 0.29) is 28.9 Å². The van der Waals surface area contributed by atoms with E-state index in [9.17, 15) is 18.7 Å². The molecule has 2 aliphatic heterocycles. The first kappa shape index (κ1) is 30.0. The van der Waals surface area contributed by atoms with Gasteiger partial charge >= 0.3 is 5.97 Å². The Hall–Kier alpha value is -2.98. The van der Waals surface area contributed by atoms with E-state index in [1.807, 2.05) is 6.07 Å². The van der Waals surface area contributed by atoms with Crippen LogP contribution in [0.2, 0.25) is 0 Å². The zero-order valence-electron chi connectivity index (χ0n) is 23.9. The van der Waals surface area contributed by atoms with Crippen LogP contribution >= 0.6 is 0 Å². The number of methoxy groups -OCH3 is 2. The van der Waals surface area contributed by atoms with E-state index >= 15 is 0 Å². The average molecular weight is 562 g/mol. The van der Waals surface area contributed by atoms with Gasteiger partial charge in [0.05, 0.1) is 20.3 Å². The highest BCUT2D eigenvalue weighted by Gasteiger charge is 2.37. The van der Waals surface area contributed by atoms with Gasteiger partial charge in [-0.15, -0.1) is 0 Å². The van der Waals surface area contributed by atoms with Crippen LogP contribution in [0.5, 0.6) is 11.5 Å². The van der Waals surface area contributed by atoms with Gasteiger partial charge in [0.15, 0.2) is 11.6 Å². The third-order valence-electron chi connectivity index (χ3n) is 7.80. The maximum atomic E-state index is 14.8. The quantitative estimate of drug-likeness (QED) is 0.310. The van der Waals surface area contributed by atoms with Crippen molar-refractivity contribution < 1.29 is 32.9 Å². The number of ether oxygens (including phenoxy) is 3. The van der Waals surface area contributed by atoms with E-state index in [1.165, 1.54) is 13.2 Å². The van der Waals surface area contributed by atoms with Crippen molar-refractivity contribution in [2.75, 3.05) is 45.8 Å². The number of halogens is 2. The summed E-state index contributed by atoms with van der Waals surface area (Å²) in [5.74, 6) is -2.12. The molecule has 40 heavy (non-hydrogen) atoms. The van der Waals surface area contributed by atoms with Crippen molar-refractivity contribution in [1.82, 2.24) is 9.88 Å². The number of unbranched alkanes of at least 4 members (excludes halogenated alkanes) is 2. The number of carboxylic acids is 1. The summed E-state index contributed by atoms with van der Waals surface area (Å²) >= 11 is 0. The van der Waals surface area contributed by atoms with Crippen LogP contribution in [0.3, 0.4) is 0 Å². The zero-order chi connectivity index (χ0) is 28.8. The number of aliphatic carboxylic acids is 1. The highest BCUT2D eigenvalue weighted by Crippen LogP contribution is 2.38. The minimum atomic E-state index is -1.16. The molecule has 0 bridgehead atoms. The van der Waals surface area contributed by atoms with Crippen LogP contribution < -0.4 is 14.8 Å². The van der Waals surface area contributed by atoms with Gasteiger partial charge in [0, 0.05) is 49.1 Å². The molecule has 1 fully saturated rings. The number of benzene rings is 1. The Kier molecular flexibility index (Phi) is 10.2. The third kappa shape index (κ3) is 6.66. The maximum absolute atomic E-state index is 14.8. The molecule has 0 amide bonds. The second kappa shape index (κ2) is 13.6. The van der Waals surface area contributed by atoms with Crippen molar-refractivity contribution in [3.05, 3.63) is 46.2 Å². The summed E-state index contributed by atoms with van der Waals surface area (Å²) < 4.78 is 46.2. The topological polar surface area (TPSA) is 93.2 Å². The summed E-state index contributed by atoms with van der Waals surface area (Å²) in [6.45, 7) is 5.85. The number of aromatic nitrogens is 1. The molecule has 1 saturated heterocycles. The Morgan fingerprint density at radius 1 is 1.15 bits per heavy atom. The highest BCUT2D eigenvalue weighted by molar-refractivity contribution is 5.77. The van der Waals surface area contributed by atoms with Crippen LogP contribution in [0.4, 0.5) is 14.6 Å². The Bertz CT molecular complexity index is 1180. The smallest absolute Gasteiger partial charge is 0.325 e. The predicted molar refractivity (Wildman–Crippen MR) is 148 cm³/mol. The van der Waals surface area contributed by atoms with Crippen LogP contribution in [0.25, 0.3) is 0 Å². The number of nitrogens with zero attached hydrogens (tertiary/aromatic N) is 2. The number of hydrogen-bond donors (Lipinski definition) is 2. The van der Waals surface area contributed by atoms with E-state index in [2.05, 4.69) is 5.32 Å². The number of rotatable bonds is 13. The van der Waals surface area contributed by atoms with E-state index in [1.54, 1.807) is 25.9 Å². The molecule has 1 aromatic heterocycles. The number of likely N-dealkylation sites (tertiary alicyclic amines) is 1. The van der Waals surface area contributed by atoms with E-state index in [0.29, 0.717) is 26.1 Å². The molecule has 10 heteroatoms. The van der Waals surface area contributed by atoms with Gasteiger partial charge in [-0.25, -0.2) is 9.37 Å². The zero-order valence-corrected chi connectivity index (χ0v) is 23.9. The van der Waals surface area contributed by atoms with Crippen molar-refractivity contribution in [3.8, 4) is 11.5 Å². The molecule has 0 unspecified atom stereocenters. The van der Waals surface area contributed by atoms with Crippen LogP contribution in [0.15, 0.2) is 12.1 Å². The summed E-state index contributed by atoms with van der Waals surface area (Å²) in [5, 5.41) is 13.5. The number of anilines is 1. The van der Waals surface area contributed by atoms with Gasteiger partial charge in [0.1, 0.15) is 17.6 Å². The molecule has 0 radical (unpaired) electrons. The summed E-state index contributed by atoms with van der Waals surface area (Å²) in [4.78, 5) is 18.9. The molecule has 3 heterocycles. The Morgan fingerprint density at radius 3 is 2.65 bits per heavy atom. The molecular weight excluding hydrogens is 520 g/mol. The minimum absolute atomic E-state index is 0.125. The first-order valence-electron chi connectivity index (χ1n) is 14.2. The lowest BCUT2D eigenvalue weighted by atomic mass is 9.95. The lowest BCUT2D eigenvalue weighted by Gasteiger charge is -2.27. The number of fused-ring (bicyclic) bond motifs is 1. The molecule has 1 aromatic carbocycles. The van der Waals surface area contributed by atoms with Crippen LogP contribution in [-0.2, 0) is 22.4 Å². The van der Waals surface area contributed by atoms with Gasteiger partial charge in [-0.1, -0.05) is 20.3 Å². The fourth-order valence-electron chi connectivity index (χ4n) is 5.69. The van der Waals surface area contributed by atoms with Crippen LogP contribution in [0.1, 0.15) is 80.3 Å². The van der Waals surface area contributed by atoms with Crippen LogP contribution in [0, 0.1) is 11.6 Å². The number of carbonyl (C=O) groups is 1. The average Bonchev–Trinajstić information content (AvgIpc) is 3.39. The molecule has 0 spiro atoms. The van der Waals surface area contributed by atoms with Crippen molar-refractivity contribution >= 4 is 11.8 Å². The molecular formula is C30H41F2N3O5. The molecule has 0 aliphatic carbocycles.